The zero-order valence-electron chi connectivity index (χ0n) is 22.8. The van der Waals surface area contributed by atoms with Crippen LogP contribution in [0.15, 0.2) is 132 Å². The zero-order valence-corrected chi connectivity index (χ0v) is 23.7. The summed E-state index contributed by atoms with van der Waals surface area (Å²) in [4.78, 5) is 43.1. The Labute approximate surface area is 252 Å². The highest BCUT2D eigenvalue weighted by Gasteiger charge is 2.58. The Balaban J connectivity index is 1.51. The number of ketones is 1. The summed E-state index contributed by atoms with van der Waals surface area (Å²) in [5, 5.41) is 13.4. The van der Waals surface area contributed by atoms with Gasteiger partial charge in [0.2, 0.25) is 0 Å². The molecule has 2 aliphatic heterocycles. The molecule has 0 spiro atoms. The van der Waals surface area contributed by atoms with E-state index < -0.39 is 16.1 Å². The summed E-state index contributed by atoms with van der Waals surface area (Å²) in [5.41, 5.74) is 2.41. The Kier molecular flexibility index (Phi) is 6.52. The van der Waals surface area contributed by atoms with E-state index in [0.29, 0.717) is 11.3 Å². The molecule has 1 atom stereocenters. The topological polar surface area (TPSA) is 80.5 Å². The van der Waals surface area contributed by atoms with Crippen LogP contribution in [-0.2, 0) is 4.79 Å². The number of rotatable bonds is 7. The van der Waals surface area contributed by atoms with Gasteiger partial charge in [0.25, 0.3) is 11.6 Å². The van der Waals surface area contributed by atoms with Gasteiger partial charge in [-0.3, -0.25) is 24.6 Å². The zero-order chi connectivity index (χ0) is 29.6. The molecule has 0 saturated heterocycles. The van der Waals surface area contributed by atoms with E-state index in [1.165, 1.54) is 36.0 Å². The number of non-ortho nitro benzene ring substituents is 1. The Morgan fingerprint density at radius 1 is 0.814 bits per heavy atom. The van der Waals surface area contributed by atoms with Crippen LogP contribution in [0.3, 0.4) is 0 Å². The summed E-state index contributed by atoms with van der Waals surface area (Å²) in [6.45, 7) is 0. The van der Waals surface area contributed by atoms with Gasteiger partial charge in [-0.2, -0.15) is 0 Å². The molecule has 2 aliphatic rings. The summed E-state index contributed by atoms with van der Waals surface area (Å²) >= 11 is 1.45. The molecule has 5 aromatic carbocycles. The SMILES string of the molecule is O=C(c1ccc([N+](=O)[O-])cc1)C1(CSc2ccccc2)C(=O)N2C=Cc3ccccc3C2=C1c1ccc2ccccc2c1. The van der Waals surface area contributed by atoms with Crippen molar-refractivity contribution >= 4 is 57.3 Å². The van der Waals surface area contributed by atoms with Crippen molar-refractivity contribution in [2.75, 3.05) is 5.75 Å². The molecule has 7 rings (SSSR count). The number of fused-ring (bicyclic) bond motifs is 4. The first-order valence-corrected chi connectivity index (χ1v) is 14.8. The van der Waals surface area contributed by atoms with Gasteiger partial charge in [-0.15, -0.1) is 11.8 Å². The van der Waals surface area contributed by atoms with Gasteiger partial charge in [-0.1, -0.05) is 78.9 Å². The molecule has 0 bridgehead atoms. The molecule has 1 unspecified atom stereocenters. The maximum atomic E-state index is 14.9. The number of nitro benzene ring substituents is 1. The fraction of sp³-hybridized carbons (Fsp3) is 0.0556. The summed E-state index contributed by atoms with van der Waals surface area (Å²) in [7, 11) is 0. The third-order valence-corrected chi connectivity index (χ3v) is 9.25. The number of carbonyl (C=O) groups excluding carboxylic acids is 2. The first-order valence-electron chi connectivity index (χ1n) is 13.8. The lowest BCUT2D eigenvalue weighted by Crippen LogP contribution is -2.44. The molecule has 0 aromatic heterocycles. The van der Waals surface area contributed by atoms with E-state index in [1.54, 1.807) is 11.1 Å². The number of hydrogen-bond acceptors (Lipinski definition) is 5. The van der Waals surface area contributed by atoms with Gasteiger partial charge in [0.15, 0.2) is 5.78 Å². The van der Waals surface area contributed by atoms with Crippen molar-refractivity contribution < 1.29 is 14.5 Å². The highest BCUT2D eigenvalue weighted by Crippen LogP contribution is 2.55. The van der Waals surface area contributed by atoms with Crippen molar-refractivity contribution in [3.63, 3.8) is 0 Å². The second kappa shape index (κ2) is 10.5. The molecule has 1 amide bonds. The van der Waals surface area contributed by atoms with E-state index in [4.69, 9.17) is 0 Å². The molecular formula is C36H24N2O4S. The highest BCUT2D eigenvalue weighted by atomic mass is 32.2. The average molecular weight is 581 g/mol. The van der Waals surface area contributed by atoms with E-state index in [0.717, 1.165) is 32.4 Å². The van der Waals surface area contributed by atoms with Crippen molar-refractivity contribution in [1.29, 1.82) is 0 Å². The van der Waals surface area contributed by atoms with Crippen molar-refractivity contribution in [2.24, 2.45) is 5.41 Å². The van der Waals surface area contributed by atoms with Gasteiger partial charge in [0, 0.05) is 45.7 Å². The molecule has 7 heteroatoms. The number of thioether (sulfide) groups is 1. The van der Waals surface area contributed by atoms with Crippen LogP contribution in [0.25, 0.3) is 28.1 Å². The first-order chi connectivity index (χ1) is 21.0. The quantitative estimate of drug-likeness (QED) is 0.0639. The Morgan fingerprint density at radius 3 is 2.28 bits per heavy atom. The Morgan fingerprint density at radius 2 is 1.51 bits per heavy atom. The molecule has 0 aliphatic carbocycles. The van der Waals surface area contributed by atoms with Gasteiger partial charge in [-0.25, -0.2) is 0 Å². The third kappa shape index (κ3) is 4.37. The molecule has 43 heavy (non-hydrogen) atoms. The second-order valence-electron chi connectivity index (χ2n) is 10.5. The standard InChI is InChI=1S/C36H24N2O4S/c39-34(26-16-18-29(19-17-26)38(41)42)36(23-43-30-11-2-1-3-12-30)32(28-15-14-24-8-4-5-10-27(24)22-28)33-31-13-7-6-9-25(31)20-21-37(33)35(36)40/h1-22H,23H2. The van der Waals surface area contributed by atoms with Crippen LogP contribution in [0, 0.1) is 15.5 Å². The van der Waals surface area contributed by atoms with Gasteiger partial charge in [0.1, 0.15) is 5.41 Å². The summed E-state index contributed by atoms with van der Waals surface area (Å²) in [6.07, 6.45) is 3.64. The minimum absolute atomic E-state index is 0.121. The van der Waals surface area contributed by atoms with Gasteiger partial charge in [0.05, 0.1) is 10.6 Å². The van der Waals surface area contributed by atoms with Crippen LogP contribution in [0.4, 0.5) is 5.69 Å². The van der Waals surface area contributed by atoms with Gasteiger partial charge in [-0.05, 0) is 58.3 Å². The summed E-state index contributed by atoms with van der Waals surface area (Å²) in [5.74, 6) is -0.598. The maximum Gasteiger partial charge on any atom is 0.269 e. The van der Waals surface area contributed by atoms with Gasteiger partial charge >= 0.3 is 0 Å². The van der Waals surface area contributed by atoms with E-state index in [2.05, 4.69) is 0 Å². The van der Waals surface area contributed by atoms with Crippen LogP contribution < -0.4 is 0 Å². The predicted molar refractivity (Wildman–Crippen MR) is 170 cm³/mol. The predicted octanol–water partition coefficient (Wildman–Crippen LogP) is 8.10. The normalized spacial score (nSPS) is 17.2. The Hall–Kier alpha value is -5.27. The molecule has 5 aromatic rings. The minimum atomic E-state index is -1.61. The maximum absolute atomic E-state index is 14.9. The molecule has 0 saturated carbocycles. The number of hydrogen-bond donors (Lipinski definition) is 0. The molecule has 0 radical (unpaired) electrons. The van der Waals surface area contributed by atoms with Crippen molar-refractivity contribution in [2.45, 2.75) is 4.90 Å². The van der Waals surface area contributed by atoms with E-state index in [1.807, 2.05) is 103 Å². The lowest BCUT2D eigenvalue weighted by atomic mass is 9.72. The highest BCUT2D eigenvalue weighted by molar-refractivity contribution is 7.99. The van der Waals surface area contributed by atoms with Crippen LogP contribution in [-0.4, -0.2) is 27.3 Å². The molecule has 0 fully saturated rings. The smallest absolute Gasteiger partial charge is 0.269 e. The van der Waals surface area contributed by atoms with E-state index in [9.17, 15) is 19.7 Å². The summed E-state index contributed by atoms with van der Waals surface area (Å²) < 4.78 is 0. The largest absolute Gasteiger partial charge is 0.293 e. The number of Topliss-reactive ketones (excluding diaryl/α,β-unsaturated/α-hetero) is 1. The van der Waals surface area contributed by atoms with Crippen LogP contribution >= 0.6 is 11.8 Å². The van der Waals surface area contributed by atoms with E-state index in [-0.39, 0.29) is 22.9 Å². The number of nitrogens with zero attached hydrogens (tertiary/aromatic N) is 2. The number of nitro groups is 1. The van der Waals surface area contributed by atoms with Crippen molar-refractivity contribution in [3.8, 4) is 0 Å². The Bertz CT molecular complexity index is 2000. The lowest BCUT2D eigenvalue weighted by molar-refractivity contribution is -0.384. The minimum Gasteiger partial charge on any atom is -0.293 e. The van der Waals surface area contributed by atoms with Gasteiger partial charge < -0.3 is 0 Å². The first kappa shape index (κ1) is 26.6. The average Bonchev–Trinajstić information content (AvgIpc) is 3.32. The fourth-order valence-electron chi connectivity index (χ4n) is 5.98. The second-order valence-corrected chi connectivity index (χ2v) is 11.6. The molecule has 208 valence electrons. The number of benzene rings is 5. The van der Waals surface area contributed by atoms with Crippen LogP contribution in [0.1, 0.15) is 27.0 Å². The van der Waals surface area contributed by atoms with Crippen molar-refractivity contribution in [3.05, 3.63) is 160 Å². The fourth-order valence-corrected chi connectivity index (χ4v) is 7.12. The summed E-state index contributed by atoms with van der Waals surface area (Å²) in [6, 6.07) is 37.1. The molecule has 0 N–H and O–H groups in total. The third-order valence-electron chi connectivity index (χ3n) is 8.07. The molecule has 2 heterocycles. The lowest BCUT2D eigenvalue weighted by Gasteiger charge is -2.29. The van der Waals surface area contributed by atoms with Crippen LogP contribution in [0.5, 0.6) is 0 Å². The number of carbonyl (C=O) groups is 2. The van der Waals surface area contributed by atoms with Crippen LogP contribution in [0.2, 0.25) is 0 Å². The molecular weight excluding hydrogens is 556 g/mol. The molecule has 6 nitrogen and oxygen atoms in total. The van der Waals surface area contributed by atoms with Crippen molar-refractivity contribution in [1.82, 2.24) is 4.90 Å². The monoisotopic (exact) mass is 580 g/mol. The number of amides is 1. The van der Waals surface area contributed by atoms with E-state index >= 15 is 0 Å².